The van der Waals surface area contributed by atoms with E-state index in [9.17, 15) is 4.79 Å². The van der Waals surface area contributed by atoms with E-state index in [1.165, 1.54) is 0 Å². The molecule has 0 bridgehead atoms. The minimum absolute atomic E-state index is 0.252. The zero-order valence-corrected chi connectivity index (χ0v) is 11.4. The number of esters is 1. The summed E-state index contributed by atoms with van der Waals surface area (Å²) in [7, 11) is 0. The summed E-state index contributed by atoms with van der Waals surface area (Å²) >= 11 is 0. The van der Waals surface area contributed by atoms with Crippen molar-refractivity contribution >= 4 is 11.8 Å². The van der Waals surface area contributed by atoms with Gasteiger partial charge in [-0.05, 0) is 32.4 Å². The van der Waals surface area contributed by atoms with Gasteiger partial charge in [0.05, 0.1) is 12.7 Å². The van der Waals surface area contributed by atoms with E-state index in [2.05, 4.69) is 17.2 Å². The number of carbonyl (C=O) groups is 1. The minimum Gasteiger partial charge on any atom is -0.462 e. The lowest BCUT2D eigenvalue weighted by atomic mass is 10.0. The van der Waals surface area contributed by atoms with Crippen molar-refractivity contribution in [3.63, 3.8) is 0 Å². The fraction of sp³-hybridized carbons (Fsp3) is 0.571. The van der Waals surface area contributed by atoms with E-state index in [0.717, 1.165) is 19.6 Å². The molecule has 2 unspecified atom stereocenters. The van der Waals surface area contributed by atoms with Gasteiger partial charge in [-0.25, -0.2) is 9.78 Å². The molecule has 19 heavy (non-hydrogen) atoms. The predicted molar refractivity (Wildman–Crippen MR) is 72.2 cm³/mol. The van der Waals surface area contributed by atoms with Gasteiger partial charge in [-0.15, -0.1) is 0 Å². The second-order valence-corrected chi connectivity index (χ2v) is 4.63. The number of ether oxygens (including phenoxy) is 2. The normalized spacial score (nSPS) is 22.2. The Kier molecular flexibility index (Phi) is 4.74. The molecule has 0 aromatic carbocycles. The van der Waals surface area contributed by atoms with Crippen molar-refractivity contribution in [2.75, 3.05) is 25.1 Å². The van der Waals surface area contributed by atoms with E-state index in [-0.39, 0.29) is 12.1 Å². The van der Waals surface area contributed by atoms with Crippen LogP contribution in [0, 0.1) is 5.92 Å². The molecule has 104 valence electrons. The van der Waals surface area contributed by atoms with Crippen LogP contribution in [0.15, 0.2) is 18.3 Å². The van der Waals surface area contributed by atoms with E-state index in [1.54, 1.807) is 25.3 Å². The standard InChI is InChI=1S/C14H20N2O3/c1-3-18-14(17)12-5-4-7-15-13(12)16-9-11-6-8-19-10(11)2/h4-5,7,10-11H,3,6,8-9H2,1-2H3,(H,15,16). The number of rotatable bonds is 5. The molecule has 0 radical (unpaired) electrons. The van der Waals surface area contributed by atoms with E-state index in [0.29, 0.717) is 23.9 Å². The van der Waals surface area contributed by atoms with Crippen LogP contribution in [0.2, 0.25) is 0 Å². The molecule has 1 aliphatic heterocycles. The topological polar surface area (TPSA) is 60.5 Å². The summed E-state index contributed by atoms with van der Waals surface area (Å²) in [6.45, 7) is 5.79. The summed E-state index contributed by atoms with van der Waals surface area (Å²) in [5.74, 6) is 0.700. The molecule has 2 heterocycles. The van der Waals surface area contributed by atoms with Crippen molar-refractivity contribution < 1.29 is 14.3 Å². The van der Waals surface area contributed by atoms with Gasteiger partial charge in [0.25, 0.3) is 0 Å². The molecule has 0 amide bonds. The van der Waals surface area contributed by atoms with Crippen LogP contribution in [0.25, 0.3) is 0 Å². The van der Waals surface area contributed by atoms with Gasteiger partial charge in [0.2, 0.25) is 0 Å². The number of aromatic nitrogens is 1. The molecule has 1 aromatic heterocycles. The highest BCUT2D eigenvalue weighted by Gasteiger charge is 2.24. The molecule has 1 fully saturated rings. The van der Waals surface area contributed by atoms with E-state index in [1.807, 2.05) is 0 Å². The number of carbonyl (C=O) groups excluding carboxylic acids is 1. The van der Waals surface area contributed by atoms with Crippen molar-refractivity contribution in [2.45, 2.75) is 26.4 Å². The fourth-order valence-electron chi connectivity index (χ4n) is 2.19. The Morgan fingerprint density at radius 1 is 1.63 bits per heavy atom. The highest BCUT2D eigenvalue weighted by atomic mass is 16.5. The lowest BCUT2D eigenvalue weighted by Crippen LogP contribution is -2.22. The largest absolute Gasteiger partial charge is 0.462 e. The molecule has 0 spiro atoms. The Morgan fingerprint density at radius 3 is 3.16 bits per heavy atom. The average molecular weight is 264 g/mol. The molecule has 1 N–H and O–H groups in total. The molecule has 1 aliphatic rings. The molecule has 2 atom stereocenters. The van der Waals surface area contributed by atoms with Crippen LogP contribution in [0.3, 0.4) is 0 Å². The van der Waals surface area contributed by atoms with Crippen LogP contribution in [0.5, 0.6) is 0 Å². The Labute approximate surface area is 113 Å². The van der Waals surface area contributed by atoms with Crippen LogP contribution in [0.1, 0.15) is 30.6 Å². The van der Waals surface area contributed by atoms with Crippen LogP contribution in [-0.4, -0.2) is 36.8 Å². The summed E-state index contributed by atoms with van der Waals surface area (Å²) in [6.07, 6.45) is 2.96. The summed E-state index contributed by atoms with van der Waals surface area (Å²) in [5, 5.41) is 3.23. The second-order valence-electron chi connectivity index (χ2n) is 4.63. The zero-order chi connectivity index (χ0) is 13.7. The first-order valence-electron chi connectivity index (χ1n) is 6.70. The number of anilines is 1. The molecule has 2 rings (SSSR count). The molecule has 0 aliphatic carbocycles. The first-order valence-corrected chi connectivity index (χ1v) is 6.70. The van der Waals surface area contributed by atoms with Gasteiger partial charge in [-0.1, -0.05) is 0 Å². The predicted octanol–water partition coefficient (Wildman–Crippen LogP) is 2.10. The third-order valence-electron chi connectivity index (χ3n) is 3.37. The van der Waals surface area contributed by atoms with Crippen LogP contribution in [0.4, 0.5) is 5.82 Å². The lowest BCUT2D eigenvalue weighted by Gasteiger charge is -2.16. The summed E-state index contributed by atoms with van der Waals surface area (Å²) < 4.78 is 10.5. The SMILES string of the molecule is CCOC(=O)c1cccnc1NCC1CCOC1C. The monoisotopic (exact) mass is 264 g/mol. The molecule has 5 nitrogen and oxygen atoms in total. The highest BCUT2D eigenvalue weighted by Crippen LogP contribution is 2.21. The molecule has 0 saturated carbocycles. The highest BCUT2D eigenvalue weighted by molar-refractivity contribution is 5.94. The van der Waals surface area contributed by atoms with E-state index < -0.39 is 0 Å². The number of hydrogen-bond donors (Lipinski definition) is 1. The lowest BCUT2D eigenvalue weighted by molar-refractivity contribution is 0.0527. The van der Waals surface area contributed by atoms with Crippen molar-refractivity contribution in [3.05, 3.63) is 23.9 Å². The van der Waals surface area contributed by atoms with Crippen molar-refractivity contribution in [2.24, 2.45) is 5.92 Å². The van der Waals surface area contributed by atoms with Crippen LogP contribution >= 0.6 is 0 Å². The van der Waals surface area contributed by atoms with Crippen LogP contribution < -0.4 is 5.32 Å². The number of nitrogens with zero attached hydrogens (tertiary/aromatic N) is 1. The van der Waals surface area contributed by atoms with E-state index >= 15 is 0 Å². The Morgan fingerprint density at radius 2 is 2.47 bits per heavy atom. The van der Waals surface area contributed by atoms with E-state index in [4.69, 9.17) is 9.47 Å². The Balaban J connectivity index is 2.01. The van der Waals surface area contributed by atoms with Gasteiger partial charge in [-0.3, -0.25) is 0 Å². The van der Waals surface area contributed by atoms with Gasteiger partial charge < -0.3 is 14.8 Å². The van der Waals surface area contributed by atoms with Gasteiger partial charge >= 0.3 is 5.97 Å². The molecule has 1 saturated heterocycles. The smallest absolute Gasteiger partial charge is 0.341 e. The quantitative estimate of drug-likeness (QED) is 0.825. The first-order chi connectivity index (χ1) is 9.22. The zero-order valence-electron chi connectivity index (χ0n) is 11.4. The maximum absolute atomic E-state index is 11.8. The van der Waals surface area contributed by atoms with Crippen molar-refractivity contribution in [1.29, 1.82) is 0 Å². The molecule has 5 heteroatoms. The summed E-state index contributed by atoms with van der Waals surface area (Å²) in [4.78, 5) is 16.0. The van der Waals surface area contributed by atoms with Crippen molar-refractivity contribution in [1.82, 2.24) is 4.98 Å². The first kappa shape index (κ1) is 13.8. The van der Waals surface area contributed by atoms with Gasteiger partial charge in [0.15, 0.2) is 0 Å². The number of hydrogen-bond acceptors (Lipinski definition) is 5. The minimum atomic E-state index is -0.339. The Bertz CT molecular complexity index is 436. The third-order valence-corrected chi connectivity index (χ3v) is 3.37. The van der Waals surface area contributed by atoms with Crippen molar-refractivity contribution in [3.8, 4) is 0 Å². The number of pyridine rings is 1. The average Bonchev–Trinajstić information content (AvgIpc) is 2.82. The Hall–Kier alpha value is -1.62. The maximum Gasteiger partial charge on any atom is 0.341 e. The van der Waals surface area contributed by atoms with Gasteiger partial charge in [0.1, 0.15) is 11.4 Å². The van der Waals surface area contributed by atoms with Gasteiger partial charge in [0, 0.05) is 25.3 Å². The maximum atomic E-state index is 11.8. The summed E-state index contributed by atoms with van der Waals surface area (Å²) in [6, 6.07) is 3.46. The third kappa shape index (κ3) is 3.44. The second kappa shape index (κ2) is 6.52. The molecular weight excluding hydrogens is 244 g/mol. The van der Waals surface area contributed by atoms with Crippen LogP contribution in [-0.2, 0) is 9.47 Å². The fourth-order valence-corrected chi connectivity index (χ4v) is 2.19. The number of nitrogens with one attached hydrogen (secondary N) is 1. The van der Waals surface area contributed by atoms with Gasteiger partial charge in [-0.2, -0.15) is 0 Å². The molecular formula is C14H20N2O3. The molecule has 1 aromatic rings. The summed E-state index contributed by atoms with van der Waals surface area (Å²) in [5.41, 5.74) is 0.482.